The molecular weight excluding hydrogens is 200 g/mol. The fraction of sp³-hybridized carbons (Fsp3) is 1.00. The molecule has 0 aromatic carbocycles. The van der Waals surface area contributed by atoms with E-state index in [-0.39, 0.29) is 0 Å². The van der Waals surface area contributed by atoms with Crippen molar-refractivity contribution in [3.8, 4) is 0 Å². The standard InChI is InChI=1S/C8H22N2O3Si/c1-6-8(7-2,10-9)14(11-3,12-4)13-5/h10H,6-7,9H2,1-5H3. The van der Waals surface area contributed by atoms with E-state index in [1.165, 1.54) is 0 Å². The van der Waals surface area contributed by atoms with E-state index < -0.39 is 14.0 Å². The van der Waals surface area contributed by atoms with Gasteiger partial charge in [-0.2, -0.15) is 0 Å². The first-order valence-corrected chi connectivity index (χ1v) is 6.47. The molecule has 0 aromatic rings. The van der Waals surface area contributed by atoms with Gasteiger partial charge in [-0.25, -0.2) is 5.43 Å². The first kappa shape index (κ1) is 14.0. The third-order valence-corrected chi connectivity index (χ3v) is 6.51. The van der Waals surface area contributed by atoms with E-state index in [0.29, 0.717) is 0 Å². The molecule has 3 N–H and O–H groups in total. The summed E-state index contributed by atoms with van der Waals surface area (Å²) >= 11 is 0. The minimum absolute atomic E-state index is 0.411. The summed E-state index contributed by atoms with van der Waals surface area (Å²) in [5.41, 5.74) is 2.80. The zero-order chi connectivity index (χ0) is 11.2. The Morgan fingerprint density at radius 2 is 1.43 bits per heavy atom. The summed E-state index contributed by atoms with van der Waals surface area (Å²) in [5, 5.41) is -0.411. The zero-order valence-corrected chi connectivity index (χ0v) is 10.7. The first-order chi connectivity index (χ1) is 6.61. The lowest BCUT2D eigenvalue weighted by Crippen LogP contribution is -2.71. The van der Waals surface area contributed by atoms with Crippen LogP contribution >= 0.6 is 0 Å². The van der Waals surface area contributed by atoms with E-state index in [2.05, 4.69) is 5.43 Å². The Labute approximate surface area is 87.2 Å². The highest BCUT2D eigenvalue weighted by Crippen LogP contribution is 2.28. The van der Waals surface area contributed by atoms with Crippen molar-refractivity contribution in [2.45, 2.75) is 31.9 Å². The molecule has 0 saturated carbocycles. The molecule has 0 amide bonds. The molecule has 0 rings (SSSR count). The van der Waals surface area contributed by atoms with Crippen molar-refractivity contribution in [2.24, 2.45) is 5.84 Å². The maximum atomic E-state index is 5.59. The summed E-state index contributed by atoms with van der Waals surface area (Å²) in [6.45, 7) is 4.06. The average molecular weight is 222 g/mol. The van der Waals surface area contributed by atoms with Crippen LogP contribution in [-0.2, 0) is 13.3 Å². The monoisotopic (exact) mass is 222 g/mol. The van der Waals surface area contributed by atoms with E-state index in [9.17, 15) is 0 Å². The molecule has 0 bridgehead atoms. The van der Waals surface area contributed by atoms with E-state index in [0.717, 1.165) is 12.8 Å². The number of hydrazine groups is 1. The van der Waals surface area contributed by atoms with Crippen molar-refractivity contribution in [3.05, 3.63) is 0 Å². The summed E-state index contributed by atoms with van der Waals surface area (Å²) in [6, 6.07) is 0. The molecule has 0 aliphatic heterocycles. The molecule has 0 aliphatic rings. The SMILES string of the molecule is CCC(CC)(NN)[Si](OC)(OC)OC. The van der Waals surface area contributed by atoms with Crippen molar-refractivity contribution < 1.29 is 13.3 Å². The number of nitrogens with one attached hydrogen (secondary N) is 1. The molecule has 0 aliphatic carbocycles. The molecule has 0 saturated heterocycles. The smallest absolute Gasteiger partial charge is 0.376 e. The Balaban J connectivity index is 5.08. The fourth-order valence-corrected chi connectivity index (χ4v) is 4.53. The Morgan fingerprint density at radius 3 is 1.50 bits per heavy atom. The second-order valence-electron chi connectivity index (χ2n) is 3.10. The summed E-state index contributed by atoms with van der Waals surface area (Å²) in [7, 11) is 2.05. The Bertz CT molecular complexity index is 126. The van der Waals surface area contributed by atoms with Crippen LogP contribution in [0.2, 0.25) is 0 Å². The molecule has 14 heavy (non-hydrogen) atoms. The fourth-order valence-electron chi connectivity index (χ4n) is 1.81. The quantitative estimate of drug-likeness (QED) is 0.371. The van der Waals surface area contributed by atoms with Gasteiger partial charge in [-0.15, -0.1) is 0 Å². The second-order valence-corrected chi connectivity index (χ2v) is 6.40. The maximum absolute atomic E-state index is 5.59. The summed E-state index contributed by atoms with van der Waals surface area (Å²) in [6.07, 6.45) is 1.59. The van der Waals surface area contributed by atoms with Crippen LogP contribution in [0.4, 0.5) is 0 Å². The molecule has 0 unspecified atom stereocenters. The molecule has 86 valence electrons. The Hall–Kier alpha value is 0.0169. The zero-order valence-electron chi connectivity index (χ0n) is 9.72. The molecule has 0 heterocycles. The highest BCUT2D eigenvalue weighted by Gasteiger charge is 2.57. The minimum Gasteiger partial charge on any atom is -0.376 e. The molecule has 0 fully saturated rings. The van der Waals surface area contributed by atoms with Crippen LogP contribution < -0.4 is 11.3 Å². The third kappa shape index (κ3) is 2.00. The normalized spacial score (nSPS) is 13.3. The number of rotatable bonds is 7. The van der Waals surface area contributed by atoms with Crippen molar-refractivity contribution in [1.82, 2.24) is 5.43 Å². The van der Waals surface area contributed by atoms with Gasteiger partial charge in [0.25, 0.3) is 0 Å². The van der Waals surface area contributed by atoms with Gasteiger partial charge >= 0.3 is 8.80 Å². The molecular formula is C8H22N2O3Si. The second kappa shape index (κ2) is 5.79. The van der Waals surface area contributed by atoms with Crippen LogP contribution in [0.25, 0.3) is 0 Å². The topological polar surface area (TPSA) is 65.7 Å². The van der Waals surface area contributed by atoms with Crippen LogP contribution in [0.3, 0.4) is 0 Å². The van der Waals surface area contributed by atoms with Gasteiger partial charge < -0.3 is 13.3 Å². The van der Waals surface area contributed by atoms with Gasteiger partial charge in [0.2, 0.25) is 0 Å². The lowest BCUT2D eigenvalue weighted by molar-refractivity contribution is 0.0778. The lowest BCUT2D eigenvalue weighted by Gasteiger charge is -2.42. The van der Waals surface area contributed by atoms with Gasteiger partial charge in [-0.1, -0.05) is 13.8 Å². The molecule has 0 spiro atoms. The highest BCUT2D eigenvalue weighted by molar-refractivity contribution is 6.64. The molecule has 0 aromatic heterocycles. The van der Waals surface area contributed by atoms with Crippen molar-refractivity contribution in [1.29, 1.82) is 0 Å². The van der Waals surface area contributed by atoms with E-state index in [1.807, 2.05) is 13.8 Å². The lowest BCUT2D eigenvalue weighted by atomic mass is 10.2. The van der Waals surface area contributed by atoms with Crippen molar-refractivity contribution in [2.75, 3.05) is 21.3 Å². The minimum atomic E-state index is -2.73. The highest BCUT2D eigenvalue weighted by atomic mass is 28.4. The predicted molar refractivity (Wildman–Crippen MR) is 57.4 cm³/mol. The van der Waals surface area contributed by atoms with Gasteiger partial charge in [0.05, 0.1) is 0 Å². The van der Waals surface area contributed by atoms with Crippen LogP contribution in [0.15, 0.2) is 0 Å². The Kier molecular flexibility index (Phi) is 5.80. The predicted octanol–water partition coefficient (Wildman–Crippen LogP) is 0.426. The molecule has 6 heteroatoms. The van der Waals surface area contributed by atoms with E-state index >= 15 is 0 Å². The molecule has 5 nitrogen and oxygen atoms in total. The number of hydrogen-bond donors (Lipinski definition) is 2. The summed E-state index contributed by atoms with van der Waals surface area (Å²) < 4.78 is 16.3. The average Bonchev–Trinajstić information content (AvgIpc) is 2.27. The van der Waals surface area contributed by atoms with Gasteiger partial charge in [0.1, 0.15) is 5.16 Å². The van der Waals surface area contributed by atoms with Gasteiger partial charge in [-0.3, -0.25) is 5.84 Å². The number of nitrogens with two attached hydrogens (primary N) is 1. The van der Waals surface area contributed by atoms with Crippen LogP contribution in [0.5, 0.6) is 0 Å². The third-order valence-electron chi connectivity index (χ3n) is 2.88. The van der Waals surface area contributed by atoms with Crippen LogP contribution in [-0.4, -0.2) is 35.3 Å². The Morgan fingerprint density at radius 1 is 1.07 bits per heavy atom. The summed E-state index contributed by atoms with van der Waals surface area (Å²) in [5.74, 6) is 5.59. The summed E-state index contributed by atoms with van der Waals surface area (Å²) in [4.78, 5) is 0. The molecule has 0 atom stereocenters. The van der Waals surface area contributed by atoms with Crippen LogP contribution in [0, 0.1) is 0 Å². The van der Waals surface area contributed by atoms with Crippen LogP contribution in [0.1, 0.15) is 26.7 Å². The largest absolute Gasteiger partial charge is 0.522 e. The molecule has 0 radical (unpaired) electrons. The first-order valence-electron chi connectivity index (χ1n) is 4.75. The van der Waals surface area contributed by atoms with Gasteiger partial charge in [0.15, 0.2) is 0 Å². The van der Waals surface area contributed by atoms with Crippen molar-refractivity contribution >= 4 is 8.80 Å². The van der Waals surface area contributed by atoms with E-state index in [4.69, 9.17) is 19.1 Å². The van der Waals surface area contributed by atoms with Crippen molar-refractivity contribution in [3.63, 3.8) is 0 Å². The van der Waals surface area contributed by atoms with E-state index in [1.54, 1.807) is 21.3 Å². The number of hydrogen-bond acceptors (Lipinski definition) is 5. The van der Waals surface area contributed by atoms with Gasteiger partial charge in [-0.05, 0) is 12.8 Å². The maximum Gasteiger partial charge on any atom is 0.522 e. The van der Waals surface area contributed by atoms with Gasteiger partial charge in [0, 0.05) is 21.3 Å².